The number of hydrogen-bond acceptors (Lipinski definition) is 4. The number of amides is 2. The summed E-state index contributed by atoms with van der Waals surface area (Å²) in [4.78, 5) is 24.0. The van der Waals surface area contributed by atoms with Gasteiger partial charge >= 0.3 is 0 Å². The van der Waals surface area contributed by atoms with Crippen LogP contribution < -0.4 is 16.4 Å². The normalized spacial score (nSPS) is 22.1. The fraction of sp³-hybridized carbons (Fsp3) is 0.500. The first-order chi connectivity index (χ1) is 12.4. The number of aliphatic hydroxyl groups is 1. The second kappa shape index (κ2) is 10.1. The van der Waals surface area contributed by atoms with Crippen molar-refractivity contribution >= 4 is 11.8 Å². The Kier molecular flexibility index (Phi) is 7.81. The summed E-state index contributed by atoms with van der Waals surface area (Å²) in [6.07, 6.45) is 6.41. The smallest absolute Gasteiger partial charge is 0.243 e. The molecule has 0 heterocycles. The molecule has 2 rings (SSSR count). The molecule has 0 saturated heterocycles. The third-order valence-electron chi connectivity index (χ3n) is 4.56. The fourth-order valence-corrected chi connectivity index (χ4v) is 3.04. The molecule has 1 aromatic carbocycles. The largest absolute Gasteiger partial charge is 0.393 e. The molecule has 142 valence electrons. The Morgan fingerprint density at radius 3 is 2.65 bits per heavy atom. The molecule has 0 aliphatic heterocycles. The van der Waals surface area contributed by atoms with Crippen LogP contribution in [0.3, 0.4) is 0 Å². The van der Waals surface area contributed by atoms with Crippen LogP contribution in [0.15, 0.2) is 42.5 Å². The van der Waals surface area contributed by atoms with E-state index in [4.69, 9.17) is 5.73 Å². The minimum atomic E-state index is -0.601. The van der Waals surface area contributed by atoms with Crippen molar-refractivity contribution in [2.45, 2.75) is 63.3 Å². The molecular weight excluding hydrogens is 330 g/mol. The van der Waals surface area contributed by atoms with Crippen molar-refractivity contribution in [3.05, 3.63) is 48.0 Å². The van der Waals surface area contributed by atoms with Gasteiger partial charge in [0.25, 0.3) is 0 Å². The Hall–Kier alpha value is -2.18. The standard InChI is InChI=1S/C20H29N3O3/c1-14(21)20(26)23-16(8-7-15-5-3-2-4-6-15)10-12-19(25)22-17-9-11-18(24)13-17/h2-6,10,12,14,16-18,24H,7-9,11,13,21H2,1H3,(H,22,25)(H,23,26)/t14-,16-,17-,18-/m0/s1. The second-order valence-electron chi connectivity index (χ2n) is 6.96. The van der Waals surface area contributed by atoms with Crippen molar-refractivity contribution < 1.29 is 14.7 Å². The number of nitrogens with one attached hydrogen (secondary N) is 2. The zero-order chi connectivity index (χ0) is 18.9. The highest BCUT2D eigenvalue weighted by molar-refractivity contribution is 5.88. The zero-order valence-electron chi connectivity index (χ0n) is 15.2. The lowest BCUT2D eigenvalue weighted by molar-refractivity contribution is -0.122. The van der Waals surface area contributed by atoms with E-state index in [1.165, 1.54) is 11.6 Å². The summed E-state index contributed by atoms with van der Waals surface area (Å²) >= 11 is 0. The molecule has 2 amide bonds. The Morgan fingerprint density at radius 1 is 1.31 bits per heavy atom. The molecule has 1 fully saturated rings. The monoisotopic (exact) mass is 359 g/mol. The molecule has 0 spiro atoms. The maximum absolute atomic E-state index is 12.1. The number of aryl methyl sites for hydroxylation is 1. The van der Waals surface area contributed by atoms with Crippen LogP contribution in [-0.4, -0.2) is 41.2 Å². The molecular formula is C20H29N3O3. The molecule has 1 aromatic rings. The summed E-state index contributed by atoms with van der Waals surface area (Å²) in [5.41, 5.74) is 6.80. The summed E-state index contributed by atoms with van der Waals surface area (Å²) in [6.45, 7) is 1.63. The molecule has 0 radical (unpaired) electrons. The fourth-order valence-electron chi connectivity index (χ4n) is 3.04. The highest BCUT2D eigenvalue weighted by Crippen LogP contribution is 2.18. The van der Waals surface area contributed by atoms with E-state index in [1.54, 1.807) is 13.0 Å². The summed E-state index contributed by atoms with van der Waals surface area (Å²) in [6, 6.07) is 9.13. The van der Waals surface area contributed by atoms with E-state index in [1.807, 2.05) is 30.3 Å². The lowest BCUT2D eigenvalue weighted by atomic mass is 10.0. The maximum Gasteiger partial charge on any atom is 0.243 e. The van der Waals surface area contributed by atoms with Gasteiger partial charge < -0.3 is 21.5 Å². The van der Waals surface area contributed by atoms with Gasteiger partial charge in [0, 0.05) is 18.2 Å². The number of aliphatic hydroxyl groups excluding tert-OH is 1. The average molecular weight is 359 g/mol. The SMILES string of the molecule is C[C@H](N)C(=O)N[C@H](C=CC(=O)N[C@H]1CC[C@H](O)C1)CCc1ccccc1. The van der Waals surface area contributed by atoms with Gasteiger partial charge in [0.15, 0.2) is 0 Å². The Bertz CT molecular complexity index is 616. The molecule has 26 heavy (non-hydrogen) atoms. The topological polar surface area (TPSA) is 104 Å². The van der Waals surface area contributed by atoms with Crippen molar-refractivity contribution in [2.24, 2.45) is 5.73 Å². The van der Waals surface area contributed by atoms with Crippen LogP contribution >= 0.6 is 0 Å². The Balaban J connectivity index is 1.91. The molecule has 5 N–H and O–H groups in total. The van der Waals surface area contributed by atoms with Crippen LogP contribution in [0.1, 0.15) is 38.2 Å². The highest BCUT2D eigenvalue weighted by atomic mass is 16.3. The predicted octanol–water partition coefficient (Wildman–Crippen LogP) is 1.04. The van der Waals surface area contributed by atoms with E-state index in [0.29, 0.717) is 12.8 Å². The molecule has 0 aromatic heterocycles. The van der Waals surface area contributed by atoms with Crippen LogP contribution in [0.25, 0.3) is 0 Å². The van der Waals surface area contributed by atoms with Gasteiger partial charge in [-0.1, -0.05) is 36.4 Å². The molecule has 1 aliphatic carbocycles. The van der Waals surface area contributed by atoms with Crippen molar-refractivity contribution in [3.63, 3.8) is 0 Å². The highest BCUT2D eigenvalue weighted by Gasteiger charge is 2.23. The molecule has 0 unspecified atom stereocenters. The number of nitrogens with two attached hydrogens (primary N) is 1. The van der Waals surface area contributed by atoms with Crippen LogP contribution in [-0.2, 0) is 16.0 Å². The molecule has 0 bridgehead atoms. The van der Waals surface area contributed by atoms with Crippen molar-refractivity contribution in [1.29, 1.82) is 0 Å². The van der Waals surface area contributed by atoms with Gasteiger partial charge in [0.1, 0.15) is 0 Å². The van der Waals surface area contributed by atoms with Gasteiger partial charge in [-0.15, -0.1) is 0 Å². The van der Waals surface area contributed by atoms with E-state index >= 15 is 0 Å². The second-order valence-corrected chi connectivity index (χ2v) is 6.96. The van der Waals surface area contributed by atoms with Gasteiger partial charge in [0.2, 0.25) is 11.8 Å². The number of benzene rings is 1. The van der Waals surface area contributed by atoms with Gasteiger partial charge in [-0.25, -0.2) is 0 Å². The first-order valence-corrected chi connectivity index (χ1v) is 9.20. The van der Waals surface area contributed by atoms with Crippen LogP contribution in [0.2, 0.25) is 0 Å². The minimum Gasteiger partial charge on any atom is -0.393 e. The lowest BCUT2D eigenvalue weighted by Gasteiger charge is -2.17. The lowest BCUT2D eigenvalue weighted by Crippen LogP contribution is -2.43. The first kappa shape index (κ1) is 20.1. The summed E-state index contributed by atoms with van der Waals surface area (Å²) in [5.74, 6) is -0.448. The van der Waals surface area contributed by atoms with Crippen LogP contribution in [0, 0.1) is 0 Å². The van der Waals surface area contributed by atoms with E-state index in [0.717, 1.165) is 19.3 Å². The Morgan fingerprint density at radius 2 is 2.04 bits per heavy atom. The van der Waals surface area contributed by atoms with Gasteiger partial charge in [-0.05, 0) is 44.6 Å². The van der Waals surface area contributed by atoms with Crippen LogP contribution in [0.4, 0.5) is 0 Å². The number of rotatable bonds is 8. The molecule has 4 atom stereocenters. The quantitative estimate of drug-likeness (QED) is 0.521. The van der Waals surface area contributed by atoms with Gasteiger partial charge in [0.05, 0.1) is 12.1 Å². The van der Waals surface area contributed by atoms with Gasteiger partial charge in [-0.2, -0.15) is 0 Å². The molecule has 6 nitrogen and oxygen atoms in total. The molecule has 6 heteroatoms. The number of hydrogen-bond donors (Lipinski definition) is 4. The summed E-state index contributed by atoms with van der Waals surface area (Å²) < 4.78 is 0. The number of carbonyl (C=O) groups excluding carboxylic acids is 2. The van der Waals surface area contributed by atoms with E-state index in [-0.39, 0.29) is 30.0 Å². The minimum absolute atomic E-state index is 0.0172. The summed E-state index contributed by atoms with van der Waals surface area (Å²) in [7, 11) is 0. The first-order valence-electron chi connectivity index (χ1n) is 9.20. The van der Waals surface area contributed by atoms with Gasteiger partial charge in [-0.3, -0.25) is 9.59 Å². The van der Waals surface area contributed by atoms with Crippen molar-refractivity contribution in [1.82, 2.24) is 10.6 Å². The van der Waals surface area contributed by atoms with Crippen molar-refractivity contribution in [3.8, 4) is 0 Å². The maximum atomic E-state index is 12.1. The van der Waals surface area contributed by atoms with E-state index < -0.39 is 6.04 Å². The van der Waals surface area contributed by atoms with E-state index in [2.05, 4.69) is 10.6 Å². The zero-order valence-corrected chi connectivity index (χ0v) is 15.2. The summed E-state index contributed by atoms with van der Waals surface area (Å²) in [5, 5.41) is 15.3. The third kappa shape index (κ3) is 6.98. The number of carbonyl (C=O) groups is 2. The van der Waals surface area contributed by atoms with Crippen molar-refractivity contribution in [2.75, 3.05) is 0 Å². The average Bonchev–Trinajstić information content (AvgIpc) is 3.02. The molecule has 1 aliphatic rings. The molecule has 1 saturated carbocycles. The predicted molar refractivity (Wildman–Crippen MR) is 101 cm³/mol. The third-order valence-corrected chi connectivity index (χ3v) is 4.56. The Labute approximate surface area is 154 Å². The van der Waals surface area contributed by atoms with E-state index in [9.17, 15) is 14.7 Å². The van der Waals surface area contributed by atoms with Crippen LogP contribution in [0.5, 0.6) is 0 Å².